The molecular weight excluding hydrogens is 428 g/mol. The average molecular weight is 444 g/mol. The molecule has 4 aromatic rings. The largest absolute Gasteiger partial charge is 0.476 e. The molecular formula is C23H16N4O4S. The van der Waals surface area contributed by atoms with E-state index < -0.39 is 12.1 Å². The van der Waals surface area contributed by atoms with Crippen molar-refractivity contribution in [2.75, 3.05) is 11.9 Å². The molecule has 2 heterocycles. The number of benzene rings is 2. The fourth-order valence-electron chi connectivity index (χ4n) is 3.85. The van der Waals surface area contributed by atoms with Gasteiger partial charge in [-0.2, -0.15) is 0 Å². The van der Waals surface area contributed by atoms with Gasteiger partial charge in [-0.1, -0.05) is 59.9 Å². The molecule has 0 saturated carbocycles. The molecule has 158 valence electrons. The third-order valence-electron chi connectivity index (χ3n) is 5.21. The monoisotopic (exact) mass is 444 g/mol. The van der Waals surface area contributed by atoms with E-state index in [0.717, 1.165) is 33.6 Å². The molecule has 0 atom stereocenters. The van der Waals surface area contributed by atoms with Gasteiger partial charge in [-0.25, -0.2) is 24.5 Å². The molecule has 32 heavy (non-hydrogen) atoms. The summed E-state index contributed by atoms with van der Waals surface area (Å²) in [5.41, 5.74) is 4.81. The fraction of sp³-hybridized carbons (Fsp3) is 0.0870. The summed E-state index contributed by atoms with van der Waals surface area (Å²) >= 11 is 1.02. The Morgan fingerprint density at radius 2 is 1.62 bits per heavy atom. The first kappa shape index (κ1) is 19.8. The first-order valence-corrected chi connectivity index (χ1v) is 10.5. The molecule has 0 fully saturated rings. The van der Waals surface area contributed by atoms with Crippen molar-refractivity contribution in [2.24, 2.45) is 0 Å². The van der Waals surface area contributed by atoms with Gasteiger partial charge in [0.05, 0.1) is 4.88 Å². The van der Waals surface area contributed by atoms with Crippen LogP contribution in [0.2, 0.25) is 0 Å². The highest BCUT2D eigenvalue weighted by molar-refractivity contribution is 7.19. The first-order valence-electron chi connectivity index (χ1n) is 9.73. The van der Waals surface area contributed by atoms with E-state index in [2.05, 4.69) is 32.4 Å². The second kappa shape index (κ2) is 8.20. The number of nitrogens with zero attached hydrogens (tertiary/aromatic N) is 3. The number of carboxylic acid groups (broad SMARTS) is 1. The lowest BCUT2D eigenvalue weighted by Crippen LogP contribution is -2.18. The number of fused-ring (bicyclic) bond motifs is 3. The normalized spacial score (nSPS) is 12.1. The van der Waals surface area contributed by atoms with Gasteiger partial charge in [0, 0.05) is 23.9 Å². The van der Waals surface area contributed by atoms with Gasteiger partial charge in [0.2, 0.25) is 0 Å². The van der Waals surface area contributed by atoms with Crippen LogP contribution in [0.3, 0.4) is 0 Å². The minimum Gasteiger partial charge on any atom is -0.476 e. The molecule has 5 rings (SSSR count). The van der Waals surface area contributed by atoms with Crippen LogP contribution in [-0.2, 0) is 4.74 Å². The van der Waals surface area contributed by atoms with E-state index in [0.29, 0.717) is 10.4 Å². The molecule has 0 unspecified atom stereocenters. The van der Waals surface area contributed by atoms with Crippen molar-refractivity contribution >= 4 is 28.5 Å². The van der Waals surface area contributed by atoms with Gasteiger partial charge >= 0.3 is 12.1 Å². The summed E-state index contributed by atoms with van der Waals surface area (Å²) in [5.74, 6) is -1.28. The summed E-state index contributed by atoms with van der Waals surface area (Å²) in [6.07, 6.45) is 3.63. The van der Waals surface area contributed by atoms with E-state index in [1.54, 1.807) is 0 Å². The van der Waals surface area contributed by atoms with E-state index in [-0.39, 0.29) is 23.4 Å². The van der Waals surface area contributed by atoms with E-state index in [4.69, 9.17) is 4.74 Å². The molecule has 9 heteroatoms. The number of amides is 1. The van der Waals surface area contributed by atoms with Gasteiger partial charge in [0.25, 0.3) is 0 Å². The third-order valence-corrected chi connectivity index (χ3v) is 6.23. The molecule has 1 aliphatic rings. The molecule has 2 aromatic carbocycles. The summed E-state index contributed by atoms with van der Waals surface area (Å²) in [6, 6.07) is 16.1. The van der Waals surface area contributed by atoms with Gasteiger partial charge < -0.3 is 9.84 Å². The SMILES string of the molecule is O=C(Nc1nc(C(=O)O)c(-c2cncnc2)s1)OCC1c2ccccc2-c2ccccc21. The first-order chi connectivity index (χ1) is 15.6. The number of hydrogen-bond donors (Lipinski definition) is 2. The van der Waals surface area contributed by atoms with E-state index in [1.807, 2.05) is 36.4 Å². The van der Waals surface area contributed by atoms with Crippen LogP contribution in [0.4, 0.5) is 9.93 Å². The lowest BCUT2D eigenvalue weighted by atomic mass is 9.98. The van der Waals surface area contributed by atoms with E-state index >= 15 is 0 Å². The lowest BCUT2D eigenvalue weighted by molar-refractivity contribution is 0.0692. The Hall–Kier alpha value is -4.11. The number of aromatic carboxylic acids is 1. The van der Waals surface area contributed by atoms with Crippen molar-refractivity contribution in [1.82, 2.24) is 15.0 Å². The van der Waals surface area contributed by atoms with Crippen LogP contribution in [-0.4, -0.2) is 38.7 Å². The number of thiazole rings is 1. The van der Waals surface area contributed by atoms with Gasteiger partial charge in [-0.15, -0.1) is 0 Å². The van der Waals surface area contributed by atoms with E-state index in [9.17, 15) is 14.7 Å². The van der Waals surface area contributed by atoms with Crippen molar-refractivity contribution in [3.05, 3.63) is 84.1 Å². The highest BCUT2D eigenvalue weighted by atomic mass is 32.1. The number of hydrogen-bond acceptors (Lipinski definition) is 7. The maximum Gasteiger partial charge on any atom is 0.413 e. The summed E-state index contributed by atoms with van der Waals surface area (Å²) in [6.45, 7) is 0.149. The predicted octanol–water partition coefficient (Wildman–Crippen LogP) is 4.66. The second-order valence-corrected chi connectivity index (χ2v) is 8.08. The molecule has 1 aliphatic carbocycles. The van der Waals surface area contributed by atoms with Crippen molar-refractivity contribution in [1.29, 1.82) is 0 Å². The number of carbonyl (C=O) groups excluding carboxylic acids is 1. The molecule has 0 saturated heterocycles. The van der Waals surface area contributed by atoms with Gasteiger partial charge in [0.1, 0.15) is 12.9 Å². The number of aromatic nitrogens is 3. The van der Waals surface area contributed by atoms with Crippen LogP contribution in [0.15, 0.2) is 67.3 Å². The smallest absolute Gasteiger partial charge is 0.413 e. The quantitative estimate of drug-likeness (QED) is 0.460. The van der Waals surface area contributed by atoms with Gasteiger partial charge in [-0.05, 0) is 22.3 Å². The topological polar surface area (TPSA) is 114 Å². The Balaban J connectivity index is 1.33. The molecule has 8 nitrogen and oxygen atoms in total. The zero-order valence-corrected chi connectivity index (χ0v) is 17.4. The van der Waals surface area contributed by atoms with Crippen molar-refractivity contribution in [2.45, 2.75) is 5.92 Å². The van der Waals surface area contributed by atoms with Crippen molar-refractivity contribution in [3.8, 4) is 21.6 Å². The molecule has 0 spiro atoms. The number of carbonyl (C=O) groups is 2. The molecule has 2 N–H and O–H groups in total. The van der Waals surface area contributed by atoms with Crippen LogP contribution in [0.1, 0.15) is 27.5 Å². The number of rotatable bonds is 5. The fourth-order valence-corrected chi connectivity index (χ4v) is 4.77. The lowest BCUT2D eigenvalue weighted by Gasteiger charge is -2.14. The van der Waals surface area contributed by atoms with Crippen LogP contribution in [0, 0.1) is 0 Å². The van der Waals surface area contributed by atoms with Crippen molar-refractivity contribution in [3.63, 3.8) is 0 Å². The molecule has 0 aliphatic heterocycles. The van der Waals surface area contributed by atoms with Crippen molar-refractivity contribution < 1.29 is 19.4 Å². The zero-order valence-electron chi connectivity index (χ0n) is 16.6. The summed E-state index contributed by atoms with van der Waals surface area (Å²) in [7, 11) is 0. The number of ether oxygens (including phenoxy) is 1. The second-order valence-electron chi connectivity index (χ2n) is 7.08. The van der Waals surface area contributed by atoms with Crippen LogP contribution < -0.4 is 5.32 Å². The Labute approximate surface area is 186 Å². The van der Waals surface area contributed by atoms with Crippen LogP contribution >= 0.6 is 11.3 Å². The van der Waals surface area contributed by atoms with Gasteiger partial charge in [-0.3, -0.25) is 5.32 Å². The Morgan fingerprint density at radius 3 is 2.25 bits per heavy atom. The predicted molar refractivity (Wildman–Crippen MR) is 119 cm³/mol. The van der Waals surface area contributed by atoms with Crippen LogP contribution in [0.5, 0.6) is 0 Å². The Kier molecular flexibility index (Phi) is 5.08. The maximum atomic E-state index is 12.5. The zero-order chi connectivity index (χ0) is 22.1. The summed E-state index contributed by atoms with van der Waals surface area (Å²) in [5, 5.41) is 12.1. The Bertz CT molecular complexity index is 1280. The molecule has 0 radical (unpaired) electrons. The third kappa shape index (κ3) is 3.58. The molecule has 0 bridgehead atoms. The summed E-state index contributed by atoms with van der Waals surface area (Å²) < 4.78 is 5.50. The maximum absolute atomic E-state index is 12.5. The van der Waals surface area contributed by atoms with Crippen LogP contribution in [0.25, 0.3) is 21.6 Å². The van der Waals surface area contributed by atoms with Gasteiger partial charge in [0.15, 0.2) is 10.8 Å². The standard InChI is InChI=1S/C23H16N4O4S/c28-21(29)19-20(13-9-24-12-25-10-13)32-22(26-19)27-23(30)31-11-18-16-7-3-1-5-14(16)15-6-2-4-8-17(15)18/h1-10,12,18H,11H2,(H,28,29)(H,26,27,30). The highest BCUT2D eigenvalue weighted by Gasteiger charge is 2.29. The minimum atomic E-state index is -1.21. The molecule has 1 amide bonds. The minimum absolute atomic E-state index is 0.0731. The highest BCUT2D eigenvalue weighted by Crippen LogP contribution is 2.44. The Morgan fingerprint density at radius 1 is 1.00 bits per heavy atom. The number of nitrogens with one attached hydrogen (secondary N) is 1. The van der Waals surface area contributed by atoms with E-state index in [1.165, 1.54) is 18.7 Å². The molecule has 2 aromatic heterocycles. The number of anilines is 1. The number of carboxylic acids is 1. The summed E-state index contributed by atoms with van der Waals surface area (Å²) in [4.78, 5) is 36.3. The average Bonchev–Trinajstić information content (AvgIpc) is 3.38.